The van der Waals surface area contributed by atoms with Crippen LogP contribution in [0.3, 0.4) is 0 Å². The van der Waals surface area contributed by atoms with Crippen LogP contribution in [0.1, 0.15) is 34.2 Å². The van der Waals surface area contributed by atoms with E-state index in [0.717, 1.165) is 24.1 Å². The number of hydrogen-bond acceptors (Lipinski definition) is 1. The summed E-state index contributed by atoms with van der Waals surface area (Å²) in [7, 11) is 0. The number of alkyl halides is 1. The molecule has 2 heteroatoms. The third kappa shape index (κ3) is 2.60. The summed E-state index contributed by atoms with van der Waals surface area (Å²) in [5.74, 6) is 1.08. The maximum Gasteiger partial charge on any atom is 0.125 e. The fourth-order valence-corrected chi connectivity index (χ4v) is 2.14. The zero-order valence-electron chi connectivity index (χ0n) is 10.9. The number of rotatable bonds is 4. The van der Waals surface area contributed by atoms with Crippen LogP contribution in [-0.2, 0) is 0 Å². The van der Waals surface area contributed by atoms with Crippen molar-refractivity contribution in [2.75, 3.05) is 11.9 Å². The van der Waals surface area contributed by atoms with Crippen molar-refractivity contribution in [1.82, 2.24) is 0 Å². The summed E-state index contributed by atoms with van der Waals surface area (Å²) in [4.78, 5) is 0. The average Bonchev–Trinajstić information content (AvgIpc) is 2.28. The molecule has 0 aromatic heterocycles. The van der Waals surface area contributed by atoms with E-state index < -0.39 is 0 Å². The highest BCUT2D eigenvalue weighted by atomic mass is 79.9. The first-order valence-corrected chi connectivity index (χ1v) is 6.88. The molecular formula is C14H21BrO. The van der Waals surface area contributed by atoms with Gasteiger partial charge in [0.2, 0.25) is 0 Å². The van der Waals surface area contributed by atoms with Gasteiger partial charge in [0.1, 0.15) is 5.75 Å². The molecule has 0 saturated heterocycles. The molecule has 1 aromatic carbocycles. The lowest BCUT2D eigenvalue weighted by Gasteiger charge is -2.18. The first-order valence-electron chi connectivity index (χ1n) is 5.76. The molecular weight excluding hydrogens is 264 g/mol. The second-order valence-corrected chi connectivity index (χ2v) is 5.14. The molecule has 0 atom stereocenters. The minimum Gasteiger partial charge on any atom is -0.493 e. The molecule has 0 amide bonds. The molecule has 0 fully saturated rings. The molecule has 0 aliphatic carbocycles. The molecule has 0 aliphatic heterocycles. The summed E-state index contributed by atoms with van der Waals surface area (Å²) >= 11 is 3.42. The second-order valence-electron chi connectivity index (χ2n) is 4.35. The lowest BCUT2D eigenvalue weighted by molar-refractivity contribution is 0.314. The fourth-order valence-electron chi connectivity index (χ4n) is 1.91. The van der Waals surface area contributed by atoms with Gasteiger partial charge in [-0.2, -0.15) is 0 Å². The Kier molecular flexibility index (Phi) is 4.85. The van der Waals surface area contributed by atoms with Gasteiger partial charge in [-0.1, -0.05) is 15.9 Å². The molecule has 0 spiro atoms. The molecule has 16 heavy (non-hydrogen) atoms. The molecule has 0 bridgehead atoms. The fraction of sp³-hybridized carbons (Fsp3) is 0.571. The highest BCUT2D eigenvalue weighted by Gasteiger charge is 2.12. The second kappa shape index (κ2) is 5.72. The van der Waals surface area contributed by atoms with Gasteiger partial charge < -0.3 is 4.74 Å². The molecule has 0 aliphatic rings. The van der Waals surface area contributed by atoms with E-state index in [1.54, 1.807) is 0 Å². The highest BCUT2D eigenvalue weighted by Crippen LogP contribution is 2.32. The Bertz CT molecular complexity index is 354. The number of benzene rings is 1. The summed E-state index contributed by atoms with van der Waals surface area (Å²) < 4.78 is 5.89. The summed E-state index contributed by atoms with van der Waals surface area (Å²) in [6.07, 6.45) is 1.05. The van der Waals surface area contributed by atoms with Gasteiger partial charge in [0.25, 0.3) is 0 Å². The normalized spacial score (nSPS) is 10.6. The van der Waals surface area contributed by atoms with Crippen LogP contribution in [-0.4, -0.2) is 11.9 Å². The predicted molar refractivity (Wildman–Crippen MR) is 74.0 cm³/mol. The molecule has 0 saturated carbocycles. The van der Waals surface area contributed by atoms with E-state index in [0.29, 0.717) is 0 Å². The van der Waals surface area contributed by atoms with Crippen LogP contribution in [0.5, 0.6) is 5.75 Å². The molecule has 90 valence electrons. The molecule has 0 radical (unpaired) electrons. The third-order valence-corrected chi connectivity index (χ3v) is 4.02. The average molecular weight is 285 g/mol. The maximum atomic E-state index is 5.89. The predicted octanol–water partition coefficient (Wildman–Crippen LogP) is 4.39. The molecule has 0 N–H and O–H groups in total. The van der Waals surface area contributed by atoms with E-state index in [1.807, 2.05) is 0 Å². The van der Waals surface area contributed by atoms with Gasteiger partial charge in [0.15, 0.2) is 0 Å². The Morgan fingerprint density at radius 3 is 1.69 bits per heavy atom. The molecule has 0 unspecified atom stereocenters. The summed E-state index contributed by atoms with van der Waals surface area (Å²) in [5.41, 5.74) is 6.68. The van der Waals surface area contributed by atoms with Crippen molar-refractivity contribution in [1.29, 1.82) is 0 Å². The van der Waals surface area contributed by atoms with E-state index in [9.17, 15) is 0 Å². The van der Waals surface area contributed by atoms with Gasteiger partial charge >= 0.3 is 0 Å². The van der Waals surface area contributed by atoms with Crippen molar-refractivity contribution in [3.63, 3.8) is 0 Å². The van der Waals surface area contributed by atoms with Gasteiger partial charge in [0.05, 0.1) is 6.61 Å². The zero-order valence-corrected chi connectivity index (χ0v) is 12.5. The monoisotopic (exact) mass is 284 g/mol. The summed E-state index contributed by atoms with van der Waals surface area (Å²) in [6.45, 7) is 11.6. The number of ether oxygens (including phenoxy) is 1. The van der Waals surface area contributed by atoms with Gasteiger partial charge in [-0.15, -0.1) is 0 Å². The van der Waals surface area contributed by atoms with Gasteiger partial charge in [-0.05, 0) is 68.9 Å². The SMILES string of the molecule is Cc1c(C)c(C)c(OCCCBr)c(C)c1C. The van der Waals surface area contributed by atoms with E-state index >= 15 is 0 Å². The Morgan fingerprint density at radius 2 is 1.25 bits per heavy atom. The largest absolute Gasteiger partial charge is 0.493 e. The Balaban J connectivity index is 3.08. The van der Waals surface area contributed by atoms with Crippen molar-refractivity contribution in [2.45, 2.75) is 41.0 Å². The number of hydrogen-bond donors (Lipinski definition) is 0. The Hall–Kier alpha value is -0.500. The van der Waals surface area contributed by atoms with Crippen molar-refractivity contribution in [3.8, 4) is 5.75 Å². The van der Waals surface area contributed by atoms with E-state index in [2.05, 4.69) is 50.5 Å². The maximum absolute atomic E-state index is 5.89. The lowest BCUT2D eigenvalue weighted by atomic mass is 9.94. The Morgan fingerprint density at radius 1 is 0.812 bits per heavy atom. The quantitative estimate of drug-likeness (QED) is 0.589. The van der Waals surface area contributed by atoms with Crippen LogP contribution in [0, 0.1) is 34.6 Å². The standard InChI is InChI=1S/C14H21BrO/c1-9-10(2)12(4)14(13(5)11(9)3)16-8-6-7-15/h6-8H2,1-5H3. The first-order chi connectivity index (χ1) is 7.50. The smallest absolute Gasteiger partial charge is 0.125 e. The van der Waals surface area contributed by atoms with Gasteiger partial charge in [0, 0.05) is 5.33 Å². The molecule has 1 aromatic rings. The van der Waals surface area contributed by atoms with Crippen molar-refractivity contribution >= 4 is 15.9 Å². The van der Waals surface area contributed by atoms with Crippen LogP contribution in [0.25, 0.3) is 0 Å². The van der Waals surface area contributed by atoms with E-state index in [1.165, 1.54) is 27.8 Å². The minimum atomic E-state index is 0.787. The highest BCUT2D eigenvalue weighted by molar-refractivity contribution is 9.09. The van der Waals surface area contributed by atoms with Crippen LogP contribution in [0.4, 0.5) is 0 Å². The zero-order chi connectivity index (χ0) is 12.3. The summed E-state index contributed by atoms with van der Waals surface area (Å²) in [6, 6.07) is 0. The third-order valence-electron chi connectivity index (χ3n) is 3.46. The lowest BCUT2D eigenvalue weighted by Crippen LogP contribution is -2.05. The first kappa shape index (κ1) is 13.6. The van der Waals surface area contributed by atoms with Crippen LogP contribution >= 0.6 is 15.9 Å². The van der Waals surface area contributed by atoms with Gasteiger partial charge in [-0.25, -0.2) is 0 Å². The van der Waals surface area contributed by atoms with Crippen molar-refractivity contribution < 1.29 is 4.74 Å². The molecule has 1 rings (SSSR count). The van der Waals surface area contributed by atoms with Gasteiger partial charge in [-0.3, -0.25) is 0 Å². The van der Waals surface area contributed by atoms with Crippen LogP contribution in [0.15, 0.2) is 0 Å². The van der Waals surface area contributed by atoms with Crippen molar-refractivity contribution in [2.24, 2.45) is 0 Å². The summed E-state index contributed by atoms with van der Waals surface area (Å²) in [5, 5.41) is 0.995. The van der Waals surface area contributed by atoms with E-state index in [4.69, 9.17) is 4.74 Å². The molecule has 1 nitrogen and oxygen atoms in total. The number of halogens is 1. The minimum absolute atomic E-state index is 0.787. The molecule has 0 heterocycles. The topological polar surface area (TPSA) is 9.23 Å². The Labute approximate surface area is 107 Å². The van der Waals surface area contributed by atoms with Crippen molar-refractivity contribution in [3.05, 3.63) is 27.8 Å². The van der Waals surface area contributed by atoms with E-state index in [-0.39, 0.29) is 0 Å². The van der Waals surface area contributed by atoms with Crippen LogP contribution in [0.2, 0.25) is 0 Å². The van der Waals surface area contributed by atoms with Crippen LogP contribution < -0.4 is 4.74 Å².